The van der Waals surface area contributed by atoms with Gasteiger partial charge in [0.2, 0.25) is 5.91 Å². The van der Waals surface area contributed by atoms with E-state index in [1.807, 2.05) is 0 Å². The molecule has 0 aliphatic carbocycles. The molecule has 1 N–H and O–H groups in total. The minimum absolute atomic E-state index is 0.0897. The Morgan fingerprint density at radius 1 is 1.41 bits per heavy atom. The number of rotatable bonds is 4. The zero-order valence-corrected chi connectivity index (χ0v) is 9.46. The number of amides is 1. The van der Waals surface area contributed by atoms with Crippen molar-refractivity contribution in [3.63, 3.8) is 0 Å². The number of hydrogen-bond donors (Lipinski definition) is 1. The van der Waals surface area contributed by atoms with E-state index in [0.717, 1.165) is 11.4 Å². The Labute approximate surface area is 99.0 Å². The fourth-order valence-corrected chi connectivity index (χ4v) is 1.42. The van der Waals surface area contributed by atoms with Crippen molar-refractivity contribution in [1.82, 2.24) is 9.55 Å². The summed E-state index contributed by atoms with van der Waals surface area (Å²) in [6, 6.07) is 7.19. The molecule has 0 bridgehead atoms. The molecular formula is C12H13N3O2. The minimum Gasteiger partial charge on any atom is -0.497 e. The summed E-state index contributed by atoms with van der Waals surface area (Å²) in [5.41, 5.74) is 0.746. The maximum Gasteiger partial charge on any atom is 0.244 e. The highest BCUT2D eigenvalue weighted by Gasteiger charge is 2.02. The molecule has 2 aromatic rings. The molecule has 1 aromatic heterocycles. The fourth-order valence-electron chi connectivity index (χ4n) is 1.42. The second kappa shape index (κ2) is 5.16. The van der Waals surface area contributed by atoms with E-state index in [1.165, 1.54) is 0 Å². The third-order valence-electron chi connectivity index (χ3n) is 2.26. The van der Waals surface area contributed by atoms with Gasteiger partial charge < -0.3 is 14.6 Å². The average Bonchev–Trinajstić information content (AvgIpc) is 2.82. The van der Waals surface area contributed by atoms with E-state index >= 15 is 0 Å². The zero-order valence-electron chi connectivity index (χ0n) is 9.46. The highest BCUT2D eigenvalue weighted by atomic mass is 16.5. The van der Waals surface area contributed by atoms with Crippen molar-refractivity contribution in [2.24, 2.45) is 0 Å². The van der Waals surface area contributed by atoms with Gasteiger partial charge in [-0.05, 0) is 24.3 Å². The molecule has 1 heterocycles. The van der Waals surface area contributed by atoms with Crippen LogP contribution in [0.15, 0.2) is 43.0 Å². The largest absolute Gasteiger partial charge is 0.497 e. The highest BCUT2D eigenvalue weighted by Crippen LogP contribution is 2.14. The Kier molecular flexibility index (Phi) is 3.40. The van der Waals surface area contributed by atoms with Gasteiger partial charge in [0.05, 0.1) is 13.4 Å². The molecule has 5 heteroatoms. The Bertz CT molecular complexity index is 477. The number of anilines is 1. The van der Waals surface area contributed by atoms with E-state index in [4.69, 9.17) is 4.74 Å². The van der Waals surface area contributed by atoms with Gasteiger partial charge >= 0.3 is 0 Å². The first kappa shape index (κ1) is 11.2. The van der Waals surface area contributed by atoms with Gasteiger partial charge in [-0.3, -0.25) is 4.79 Å². The number of carbonyl (C=O) groups excluding carboxylic acids is 1. The summed E-state index contributed by atoms with van der Waals surface area (Å²) >= 11 is 0. The number of methoxy groups -OCH3 is 1. The molecule has 0 fully saturated rings. The number of carbonyl (C=O) groups is 1. The summed E-state index contributed by atoms with van der Waals surface area (Å²) in [7, 11) is 1.60. The SMILES string of the molecule is COc1ccc(NC(=O)Cn2ccnc2)cc1. The van der Waals surface area contributed by atoms with E-state index in [1.54, 1.807) is 54.7 Å². The molecule has 2 rings (SSSR count). The number of nitrogens with zero attached hydrogens (tertiary/aromatic N) is 2. The predicted octanol–water partition coefficient (Wildman–Crippen LogP) is 1.53. The Morgan fingerprint density at radius 3 is 2.76 bits per heavy atom. The summed E-state index contributed by atoms with van der Waals surface area (Å²) in [4.78, 5) is 15.5. The van der Waals surface area contributed by atoms with Gasteiger partial charge in [0.15, 0.2) is 0 Å². The van der Waals surface area contributed by atoms with Gasteiger partial charge in [-0.15, -0.1) is 0 Å². The summed E-state index contributed by atoms with van der Waals surface area (Å²) in [5.74, 6) is 0.672. The Morgan fingerprint density at radius 2 is 2.18 bits per heavy atom. The number of aromatic nitrogens is 2. The molecule has 1 aromatic carbocycles. The molecule has 0 aliphatic rings. The van der Waals surface area contributed by atoms with E-state index in [-0.39, 0.29) is 12.5 Å². The lowest BCUT2D eigenvalue weighted by Gasteiger charge is -2.06. The summed E-state index contributed by atoms with van der Waals surface area (Å²) < 4.78 is 6.74. The van der Waals surface area contributed by atoms with Crippen LogP contribution in [-0.2, 0) is 11.3 Å². The lowest BCUT2D eigenvalue weighted by atomic mass is 10.3. The van der Waals surface area contributed by atoms with Crippen LogP contribution >= 0.6 is 0 Å². The third kappa shape index (κ3) is 3.07. The molecule has 5 nitrogen and oxygen atoms in total. The fraction of sp³-hybridized carbons (Fsp3) is 0.167. The van der Waals surface area contributed by atoms with Crippen molar-refractivity contribution in [2.45, 2.75) is 6.54 Å². The van der Waals surface area contributed by atoms with E-state index < -0.39 is 0 Å². The molecule has 0 saturated carbocycles. The van der Waals surface area contributed by atoms with Gasteiger partial charge in [-0.1, -0.05) is 0 Å². The average molecular weight is 231 g/mol. The Hall–Kier alpha value is -2.30. The number of nitrogens with one attached hydrogen (secondary N) is 1. The first-order valence-electron chi connectivity index (χ1n) is 5.17. The second-order valence-electron chi connectivity index (χ2n) is 3.51. The predicted molar refractivity (Wildman–Crippen MR) is 63.9 cm³/mol. The zero-order chi connectivity index (χ0) is 12.1. The normalized spacial score (nSPS) is 9.94. The van der Waals surface area contributed by atoms with Gasteiger partial charge in [0, 0.05) is 18.1 Å². The molecule has 0 radical (unpaired) electrons. The number of hydrogen-bond acceptors (Lipinski definition) is 3. The smallest absolute Gasteiger partial charge is 0.244 e. The number of benzene rings is 1. The third-order valence-corrected chi connectivity index (χ3v) is 2.26. The molecule has 0 unspecified atom stereocenters. The Balaban J connectivity index is 1.93. The van der Waals surface area contributed by atoms with Gasteiger partial charge in [-0.2, -0.15) is 0 Å². The highest BCUT2D eigenvalue weighted by molar-refractivity contribution is 5.90. The van der Waals surface area contributed by atoms with Crippen LogP contribution in [0.5, 0.6) is 5.75 Å². The lowest BCUT2D eigenvalue weighted by molar-refractivity contribution is -0.116. The lowest BCUT2D eigenvalue weighted by Crippen LogP contribution is -2.17. The molecule has 17 heavy (non-hydrogen) atoms. The van der Waals surface area contributed by atoms with Gasteiger partial charge in [0.1, 0.15) is 12.3 Å². The van der Waals surface area contributed by atoms with Crippen molar-refractivity contribution >= 4 is 11.6 Å². The van der Waals surface area contributed by atoms with E-state index in [9.17, 15) is 4.79 Å². The molecule has 1 amide bonds. The van der Waals surface area contributed by atoms with Crippen LogP contribution in [0, 0.1) is 0 Å². The van der Waals surface area contributed by atoms with E-state index in [2.05, 4.69) is 10.3 Å². The quantitative estimate of drug-likeness (QED) is 0.868. The summed E-state index contributed by atoms with van der Waals surface area (Å²) in [5, 5.41) is 2.79. The number of imidazole rings is 1. The second-order valence-corrected chi connectivity index (χ2v) is 3.51. The van der Waals surface area contributed by atoms with Crippen LogP contribution in [0.3, 0.4) is 0 Å². The van der Waals surface area contributed by atoms with E-state index in [0.29, 0.717) is 0 Å². The maximum absolute atomic E-state index is 11.6. The van der Waals surface area contributed by atoms with Crippen LogP contribution in [0.1, 0.15) is 0 Å². The van der Waals surface area contributed by atoms with Gasteiger partial charge in [-0.25, -0.2) is 4.98 Å². The van der Waals surface area contributed by atoms with Gasteiger partial charge in [0.25, 0.3) is 0 Å². The van der Waals surface area contributed by atoms with Crippen molar-refractivity contribution in [2.75, 3.05) is 12.4 Å². The molecule has 0 atom stereocenters. The van der Waals surface area contributed by atoms with Crippen LogP contribution in [0.2, 0.25) is 0 Å². The monoisotopic (exact) mass is 231 g/mol. The van der Waals surface area contributed by atoms with Crippen molar-refractivity contribution in [3.05, 3.63) is 43.0 Å². The van der Waals surface area contributed by atoms with Crippen LogP contribution < -0.4 is 10.1 Å². The summed E-state index contributed by atoms with van der Waals surface area (Å²) in [6.45, 7) is 0.256. The van der Waals surface area contributed by atoms with Crippen LogP contribution in [0.4, 0.5) is 5.69 Å². The van der Waals surface area contributed by atoms with Crippen molar-refractivity contribution in [3.8, 4) is 5.75 Å². The summed E-state index contributed by atoms with van der Waals surface area (Å²) in [6.07, 6.45) is 4.99. The molecule has 0 spiro atoms. The van der Waals surface area contributed by atoms with Crippen molar-refractivity contribution in [1.29, 1.82) is 0 Å². The molecular weight excluding hydrogens is 218 g/mol. The topological polar surface area (TPSA) is 56.1 Å². The standard InChI is InChI=1S/C12H13N3O2/c1-17-11-4-2-10(3-5-11)14-12(16)8-15-7-6-13-9-15/h2-7,9H,8H2,1H3,(H,14,16). The van der Waals surface area contributed by atoms with Crippen LogP contribution in [-0.4, -0.2) is 22.6 Å². The van der Waals surface area contributed by atoms with Crippen LogP contribution in [0.25, 0.3) is 0 Å². The van der Waals surface area contributed by atoms with Crippen molar-refractivity contribution < 1.29 is 9.53 Å². The minimum atomic E-state index is -0.0897. The first-order chi connectivity index (χ1) is 8.28. The number of ether oxygens (including phenoxy) is 1. The first-order valence-corrected chi connectivity index (χ1v) is 5.17. The maximum atomic E-state index is 11.6. The molecule has 88 valence electrons. The molecule has 0 saturated heterocycles. The molecule has 0 aliphatic heterocycles.